The minimum absolute atomic E-state index is 0.0472. The van der Waals surface area contributed by atoms with Crippen LogP contribution in [0.2, 0.25) is 0 Å². The minimum atomic E-state index is -1.56. The lowest BCUT2D eigenvalue weighted by molar-refractivity contribution is -0.385. The number of allylic oxidation sites excluding steroid dienone is 1. The molecule has 7 heteroatoms. The van der Waals surface area contributed by atoms with Gasteiger partial charge in [-0.25, -0.2) is 4.79 Å². The highest BCUT2D eigenvalue weighted by Crippen LogP contribution is 2.24. The van der Waals surface area contributed by atoms with Crippen LogP contribution in [0.5, 0.6) is 5.75 Å². The first-order valence-electron chi connectivity index (χ1n) is 6.43. The molecule has 0 aliphatic carbocycles. The van der Waals surface area contributed by atoms with E-state index in [-0.39, 0.29) is 11.3 Å². The number of phenols is 1. The van der Waals surface area contributed by atoms with Crippen LogP contribution in [-0.2, 0) is 0 Å². The van der Waals surface area contributed by atoms with Gasteiger partial charge in [-0.3, -0.25) is 14.9 Å². The zero-order chi connectivity index (χ0) is 17.0. The van der Waals surface area contributed by atoms with Crippen molar-refractivity contribution in [2.75, 3.05) is 0 Å². The van der Waals surface area contributed by atoms with Crippen LogP contribution in [0.4, 0.5) is 5.69 Å². The van der Waals surface area contributed by atoms with Crippen LogP contribution in [0.3, 0.4) is 0 Å². The third-order valence-corrected chi connectivity index (χ3v) is 3.07. The number of aromatic carboxylic acids is 1. The van der Waals surface area contributed by atoms with Gasteiger partial charge in [0.15, 0.2) is 5.78 Å². The van der Waals surface area contributed by atoms with Gasteiger partial charge in [-0.05, 0) is 24.3 Å². The van der Waals surface area contributed by atoms with Crippen molar-refractivity contribution in [3.8, 4) is 5.75 Å². The smallest absolute Gasteiger partial charge is 0.343 e. The molecule has 0 aromatic heterocycles. The number of nitro groups is 1. The first kappa shape index (κ1) is 15.9. The number of rotatable bonds is 5. The number of benzene rings is 2. The summed E-state index contributed by atoms with van der Waals surface area (Å²) in [6.07, 6.45) is 2.36. The lowest BCUT2D eigenvalue weighted by Gasteiger charge is -2.03. The summed E-state index contributed by atoms with van der Waals surface area (Å²) in [5.74, 6) is -2.32. The number of carbonyl (C=O) groups is 2. The molecule has 7 nitrogen and oxygen atoms in total. The van der Waals surface area contributed by atoms with Crippen LogP contribution in [0.1, 0.15) is 26.3 Å². The van der Waals surface area contributed by atoms with Crippen molar-refractivity contribution in [3.05, 3.63) is 75.3 Å². The van der Waals surface area contributed by atoms with Gasteiger partial charge in [-0.2, -0.15) is 0 Å². The number of hydrogen-bond acceptors (Lipinski definition) is 5. The van der Waals surface area contributed by atoms with E-state index in [1.165, 1.54) is 24.3 Å². The second-order valence-corrected chi connectivity index (χ2v) is 4.52. The van der Waals surface area contributed by atoms with E-state index in [2.05, 4.69) is 0 Å². The first-order chi connectivity index (χ1) is 10.9. The molecule has 0 radical (unpaired) electrons. The minimum Gasteiger partial charge on any atom is -0.507 e. The molecule has 2 aromatic rings. The fraction of sp³-hybridized carbons (Fsp3) is 0. The molecule has 0 bridgehead atoms. The fourth-order valence-corrected chi connectivity index (χ4v) is 2.01. The van der Waals surface area contributed by atoms with Gasteiger partial charge in [0.25, 0.3) is 5.69 Å². The molecule has 0 aliphatic heterocycles. The van der Waals surface area contributed by atoms with Crippen molar-refractivity contribution in [3.63, 3.8) is 0 Å². The fourth-order valence-electron chi connectivity index (χ4n) is 2.01. The summed E-state index contributed by atoms with van der Waals surface area (Å²) in [6.45, 7) is 0. The molecule has 0 aliphatic rings. The molecule has 0 saturated heterocycles. The monoisotopic (exact) mass is 313 g/mol. The van der Waals surface area contributed by atoms with E-state index >= 15 is 0 Å². The zero-order valence-electron chi connectivity index (χ0n) is 11.7. The first-order valence-corrected chi connectivity index (χ1v) is 6.43. The number of phenolic OH excluding ortho intramolecular Hbond substituents is 1. The lowest BCUT2D eigenvalue weighted by atomic mass is 10.0. The summed E-state index contributed by atoms with van der Waals surface area (Å²) in [5.41, 5.74) is -1.25. The van der Waals surface area contributed by atoms with Gasteiger partial charge in [0.1, 0.15) is 11.3 Å². The number of ketones is 1. The van der Waals surface area contributed by atoms with E-state index in [4.69, 9.17) is 5.11 Å². The Kier molecular flexibility index (Phi) is 4.51. The van der Waals surface area contributed by atoms with Gasteiger partial charge in [0.05, 0.1) is 4.92 Å². The molecule has 0 heterocycles. The second kappa shape index (κ2) is 6.52. The number of nitrogens with zero attached hydrogens (tertiary/aromatic N) is 1. The van der Waals surface area contributed by atoms with Crippen molar-refractivity contribution in [1.82, 2.24) is 0 Å². The SMILES string of the molecule is O=C(C=Cc1ccccc1O)c1cccc([N+](=O)[O-])c1C(=O)O. The van der Waals surface area contributed by atoms with Crippen molar-refractivity contribution < 1.29 is 24.7 Å². The Bertz CT molecular complexity index is 825. The van der Waals surface area contributed by atoms with Gasteiger partial charge in [0.2, 0.25) is 0 Å². The van der Waals surface area contributed by atoms with E-state index in [0.29, 0.717) is 5.56 Å². The van der Waals surface area contributed by atoms with Gasteiger partial charge >= 0.3 is 5.97 Å². The summed E-state index contributed by atoms with van der Waals surface area (Å²) in [5, 5.41) is 29.7. The number of carboxylic acids is 1. The largest absolute Gasteiger partial charge is 0.507 e. The van der Waals surface area contributed by atoms with Crippen LogP contribution in [-0.4, -0.2) is 26.9 Å². The van der Waals surface area contributed by atoms with Crippen LogP contribution >= 0.6 is 0 Å². The summed E-state index contributed by atoms with van der Waals surface area (Å²) >= 11 is 0. The molecule has 116 valence electrons. The van der Waals surface area contributed by atoms with Crippen molar-refractivity contribution >= 4 is 23.5 Å². The molecule has 2 rings (SSSR count). The highest BCUT2D eigenvalue weighted by Gasteiger charge is 2.25. The lowest BCUT2D eigenvalue weighted by Crippen LogP contribution is -2.10. The normalized spacial score (nSPS) is 10.6. The predicted octanol–water partition coefficient (Wildman–Crippen LogP) is 2.89. The van der Waals surface area contributed by atoms with E-state index in [1.807, 2.05) is 0 Å². The Hall–Kier alpha value is -3.48. The predicted molar refractivity (Wildman–Crippen MR) is 81.5 cm³/mol. The second-order valence-electron chi connectivity index (χ2n) is 4.52. The zero-order valence-corrected chi connectivity index (χ0v) is 11.7. The molecular weight excluding hydrogens is 302 g/mol. The van der Waals surface area contributed by atoms with Gasteiger partial charge < -0.3 is 10.2 Å². The molecule has 0 fully saturated rings. The van der Waals surface area contributed by atoms with Crippen molar-refractivity contribution in [1.29, 1.82) is 0 Å². The maximum atomic E-state index is 12.2. The maximum Gasteiger partial charge on any atom is 0.343 e. The molecule has 0 saturated carbocycles. The van der Waals surface area contributed by atoms with E-state index in [1.54, 1.807) is 18.2 Å². The Balaban J connectivity index is 2.44. The van der Waals surface area contributed by atoms with E-state index in [9.17, 15) is 24.8 Å². The van der Waals surface area contributed by atoms with Crippen molar-refractivity contribution in [2.24, 2.45) is 0 Å². The summed E-state index contributed by atoms with van der Waals surface area (Å²) in [7, 11) is 0. The molecule has 0 unspecified atom stereocenters. The summed E-state index contributed by atoms with van der Waals surface area (Å²) < 4.78 is 0. The van der Waals surface area contributed by atoms with Crippen LogP contribution in [0, 0.1) is 10.1 Å². The number of hydrogen-bond donors (Lipinski definition) is 2. The third kappa shape index (κ3) is 3.41. The quantitative estimate of drug-likeness (QED) is 0.379. The van der Waals surface area contributed by atoms with Crippen LogP contribution < -0.4 is 0 Å². The van der Waals surface area contributed by atoms with Gasteiger partial charge in [-0.15, -0.1) is 0 Å². The Morgan fingerprint density at radius 3 is 2.39 bits per heavy atom. The standard InChI is InChI=1S/C16H11NO6/c18-13-7-2-1-4-10(13)8-9-14(19)11-5-3-6-12(17(22)23)15(11)16(20)21/h1-9,18H,(H,20,21). The highest BCUT2D eigenvalue weighted by atomic mass is 16.6. The summed E-state index contributed by atoms with van der Waals surface area (Å²) in [4.78, 5) is 33.5. The van der Waals surface area contributed by atoms with Gasteiger partial charge in [0, 0.05) is 17.2 Å². The number of aromatic hydroxyl groups is 1. The number of carboxylic acid groups (broad SMARTS) is 1. The molecule has 2 N–H and O–H groups in total. The van der Waals surface area contributed by atoms with Crippen LogP contribution in [0.15, 0.2) is 48.5 Å². The van der Waals surface area contributed by atoms with Crippen molar-refractivity contribution in [2.45, 2.75) is 0 Å². The molecular formula is C16H11NO6. The highest BCUT2D eigenvalue weighted by molar-refractivity contribution is 6.14. The topological polar surface area (TPSA) is 118 Å². The molecule has 0 amide bonds. The third-order valence-electron chi connectivity index (χ3n) is 3.07. The number of carbonyl (C=O) groups excluding carboxylic acids is 1. The molecule has 0 atom stereocenters. The maximum absolute atomic E-state index is 12.2. The Labute approximate surface area is 130 Å². The summed E-state index contributed by atoms with van der Waals surface area (Å²) in [6, 6.07) is 9.72. The Morgan fingerprint density at radius 2 is 1.78 bits per heavy atom. The Morgan fingerprint density at radius 1 is 1.09 bits per heavy atom. The average molecular weight is 313 g/mol. The number of para-hydroxylation sites is 1. The van der Waals surface area contributed by atoms with Gasteiger partial charge in [-0.1, -0.05) is 24.3 Å². The molecule has 0 spiro atoms. The number of nitro benzene ring substituents is 1. The molecule has 23 heavy (non-hydrogen) atoms. The van der Waals surface area contributed by atoms with Crippen LogP contribution in [0.25, 0.3) is 6.08 Å². The molecule has 2 aromatic carbocycles. The average Bonchev–Trinajstić information content (AvgIpc) is 2.52. The van der Waals surface area contributed by atoms with E-state index in [0.717, 1.165) is 12.1 Å². The van der Waals surface area contributed by atoms with E-state index < -0.39 is 27.9 Å².